The van der Waals surface area contributed by atoms with E-state index in [0.717, 1.165) is 0 Å². The molecule has 2 atom stereocenters. The molecule has 1 heterocycles. The lowest BCUT2D eigenvalue weighted by Gasteiger charge is -2.19. The van der Waals surface area contributed by atoms with Crippen LogP contribution in [-0.2, 0) is 19.0 Å². The van der Waals surface area contributed by atoms with Crippen LogP contribution in [0.4, 0.5) is 0 Å². The zero-order valence-corrected chi connectivity index (χ0v) is 8.07. The van der Waals surface area contributed by atoms with E-state index in [0.29, 0.717) is 6.61 Å². The quantitative estimate of drug-likeness (QED) is 0.600. The van der Waals surface area contributed by atoms with Crippen LogP contribution in [0, 0.1) is 0 Å². The molecule has 0 bridgehead atoms. The van der Waals surface area contributed by atoms with Gasteiger partial charge in [-0.15, -0.1) is 0 Å². The van der Waals surface area contributed by atoms with Gasteiger partial charge in [0.25, 0.3) is 0 Å². The second-order valence-electron chi connectivity index (χ2n) is 3.42. The number of carbonyl (C=O) groups excluding carboxylic acids is 1. The Morgan fingerprint density at radius 2 is 2.31 bits per heavy atom. The highest BCUT2D eigenvalue weighted by atomic mass is 16.7. The molecule has 76 valence electrons. The van der Waals surface area contributed by atoms with Gasteiger partial charge in [0.05, 0.1) is 13.7 Å². The van der Waals surface area contributed by atoms with Gasteiger partial charge in [0, 0.05) is 0 Å². The van der Waals surface area contributed by atoms with Crippen LogP contribution in [0.1, 0.15) is 13.8 Å². The second-order valence-corrected chi connectivity index (χ2v) is 3.42. The Balaban J connectivity index is 2.51. The van der Waals surface area contributed by atoms with E-state index < -0.39 is 23.9 Å². The molecular formula is C8H15NO4. The van der Waals surface area contributed by atoms with E-state index in [1.807, 2.05) is 0 Å². The van der Waals surface area contributed by atoms with Gasteiger partial charge in [-0.25, -0.2) is 0 Å². The van der Waals surface area contributed by atoms with E-state index in [-0.39, 0.29) is 0 Å². The standard InChI is InChI=1S/C8H15NO4/c1-8(2)12-4-5(13-8)6(9)7(10)11-3/h5-6H,4,9H2,1-3H3/t5-,6-/m0/s1. The minimum atomic E-state index is -0.772. The fraction of sp³-hybridized carbons (Fsp3) is 0.875. The van der Waals surface area contributed by atoms with Crippen LogP contribution in [0.25, 0.3) is 0 Å². The van der Waals surface area contributed by atoms with E-state index in [1.54, 1.807) is 13.8 Å². The number of nitrogens with two attached hydrogens (primary N) is 1. The van der Waals surface area contributed by atoms with Gasteiger partial charge in [-0.1, -0.05) is 0 Å². The van der Waals surface area contributed by atoms with Crippen molar-refractivity contribution in [1.29, 1.82) is 0 Å². The molecule has 0 amide bonds. The average Bonchev–Trinajstić information content (AvgIpc) is 2.43. The number of rotatable bonds is 2. The topological polar surface area (TPSA) is 70.8 Å². The van der Waals surface area contributed by atoms with E-state index in [1.165, 1.54) is 7.11 Å². The van der Waals surface area contributed by atoms with Gasteiger partial charge in [0.1, 0.15) is 12.1 Å². The number of carbonyl (C=O) groups is 1. The molecule has 1 aliphatic heterocycles. The van der Waals surface area contributed by atoms with E-state index >= 15 is 0 Å². The first kappa shape index (κ1) is 10.4. The Morgan fingerprint density at radius 1 is 1.69 bits per heavy atom. The highest BCUT2D eigenvalue weighted by Crippen LogP contribution is 2.23. The first-order chi connectivity index (χ1) is 5.96. The first-order valence-corrected chi connectivity index (χ1v) is 4.11. The van der Waals surface area contributed by atoms with Gasteiger partial charge in [0.15, 0.2) is 5.79 Å². The van der Waals surface area contributed by atoms with Gasteiger partial charge in [-0.2, -0.15) is 0 Å². The van der Waals surface area contributed by atoms with Crippen LogP contribution in [0.15, 0.2) is 0 Å². The smallest absolute Gasteiger partial charge is 0.325 e. The van der Waals surface area contributed by atoms with E-state index in [2.05, 4.69) is 4.74 Å². The maximum absolute atomic E-state index is 11.0. The van der Waals surface area contributed by atoms with Crippen molar-refractivity contribution in [2.24, 2.45) is 5.73 Å². The van der Waals surface area contributed by atoms with Gasteiger partial charge in [-0.3, -0.25) is 4.79 Å². The van der Waals surface area contributed by atoms with Crippen molar-refractivity contribution in [3.05, 3.63) is 0 Å². The van der Waals surface area contributed by atoms with Gasteiger partial charge in [0.2, 0.25) is 0 Å². The molecule has 5 nitrogen and oxygen atoms in total. The molecule has 1 aliphatic rings. The molecule has 0 unspecified atom stereocenters. The van der Waals surface area contributed by atoms with Crippen LogP contribution in [0.3, 0.4) is 0 Å². The normalized spacial score (nSPS) is 28.5. The van der Waals surface area contributed by atoms with Crippen molar-refractivity contribution in [2.75, 3.05) is 13.7 Å². The van der Waals surface area contributed by atoms with Crippen molar-refractivity contribution in [2.45, 2.75) is 31.8 Å². The van der Waals surface area contributed by atoms with Crippen LogP contribution >= 0.6 is 0 Å². The molecule has 0 aromatic heterocycles. The minimum Gasteiger partial charge on any atom is -0.468 e. The van der Waals surface area contributed by atoms with Crippen molar-refractivity contribution < 1.29 is 19.0 Å². The summed E-state index contributed by atoms with van der Waals surface area (Å²) < 4.78 is 15.1. The minimum absolute atomic E-state index is 0.323. The molecule has 5 heteroatoms. The molecule has 0 aromatic rings. The molecule has 2 N–H and O–H groups in total. The zero-order chi connectivity index (χ0) is 10.1. The Morgan fingerprint density at radius 3 is 2.69 bits per heavy atom. The van der Waals surface area contributed by atoms with Crippen molar-refractivity contribution in [3.63, 3.8) is 0 Å². The van der Waals surface area contributed by atoms with Crippen LogP contribution < -0.4 is 5.73 Å². The van der Waals surface area contributed by atoms with Crippen molar-refractivity contribution in [1.82, 2.24) is 0 Å². The van der Waals surface area contributed by atoms with Gasteiger partial charge >= 0.3 is 5.97 Å². The fourth-order valence-electron chi connectivity index (χ4n) is 1.18. The summed E-state index contributed by atoms with van der Waals surface area (Å²) in [5.74, 6) is -1.14. The summed E-state index contributed by atoms with van der Waals surface area (Å²) in [5.41, 5.74) is 5.57. The molecule has 13 heavy (non-hydrogen) atoms. The van der Waals surface area contributed by atoms with Gasteiger partial charge < -0.3 is 19.9 Å². The Hall–Kier alpha value is -0.650. The molecule has 0 saturated carbocycles. The molecule has 1 fully saturated rings. The highest BCUT2D eigenvalue weighted by Gasteiger charge is 2.39. The van der Waals surface area contributed by atoms with Crippen LogP contribution in [0.2, 0.25) is 0 Å². The maximum atomic E-state index is 11.0. The molecule has 1 rings (SSSR count). The number of esters is 1. The first-order valence-electron chi connectivity index (χ1n) is 4.11. The molecular weight excluding hydrogens is 174 g/mol. The average molecular weight is 189 g/mol. The summed E-state index contributed by atoms with van der Waals surface area (Å²) in [6, 6.07) is -0.772. The zero-order valence-electron chi connectivity index (χ0n) is 8.07. The number of hydrogen-bond acceptors (Lipinski definition) is 5. The lowest BCUT2D eigenvalue weighted by atomic mass is 10.2. The predicted molar refractivity (Wildman–Crippen MR) is 44.9 cm³/mol. The summed E-state index contributed by atoms with van der Waals surface area (Å²) in [7, 11) is 1.29. The lowest BCUT2D eigenvalue weighted by molar-refractivity contribution is -0.155. The SMILES string of the molecule is COC(=O)[C@@H](N)[C@@H]1COC(C)(C)O1. The summed E-state index contributed by atoms with van der Waals surface area (Å²) in [6.07, 6.45) is -0.414. The molecule has 0 spiro atoms. The molecule has 0 aromatic carbocycles. The van der Waals surface area contributed by atoms with Crippen molar-refractivity contribution >= 4 is 5.97 Å². The lowest BCUT2D eigenvalue weighted by Crippen LogP contribution is -2.44. The largest absolute Gasteiger partial charge is 0.468 e. The van der Waals surface area contributed by atoms with Gasteiger partial charge in [-0.05, 0) is 13.8 Å². The number of ether oxygens (including phenoxy) is 3. The van der Waals surface area contributed by atoms with Crippen LogP contribution in [0.5, 0.6) is 0 Å². The summed E-state index contributed by atoms with van der Waals surface area (Å²) in [5, 5.41) is 0. The molecule has 1 saturated heterocycles. The Bertz CT molecular complexity index is 204. The second kappa shape index (κ2) is 3.61. The summed E-state index contributed by atoms with van der Waals surface area (Å²) in [6.45, 7) is 3.87. The van der Waals surface area contributed by atoms with E-state index in [9.17, 15) is 4.79 Å². The Labute approximate surface area is 77.1 Å². The molecule has 0 radical (unpaired) electrons. The monoisotopic (exact) mass is 189 g/mol. The third-order valence-corrected chi connectivity index (χ3v) is 1.90. The molecule has 0 aliphatic carbocycles. The third kappa shape index (κ3) is 2.40. The fourth-order valence-corrected chi connectivity index (χ4v) is 1.18. The van der Waals surface area contributed by atoms with E-state index in [4.69, 9.17) is 15.2 Å². The third-order valence-electron chi connectivity index (χ3n) is 1.90. The number of hydrogen-bond donors (Lipinski definition) is 1. The highest BCUT2D eigenvalue weighted by molar-refractivity contribution is 5.76. The predicted octanol–water partition coefficient (Wildman–Crippen LogP) is -0.362. The Kier molecular flexibility index (Phi) is 2.90. The maximum Gasteiger partial charge on any atom is 0.325 e. The van der Waals surface area contributed by atoms with Crippen LogP contribution in [-0.4, -0.2) is 37.6 Å². The summed E-state index contributed by atoms with van der Waals surface area (Å²) >= 11 is 0. The van der Waals surface area contributed by atoms with Crippen molar-refractivity contribution in [3.8, 4) is 0 Å². The summed E-state index contributed by atoms with van der Waals surface area (Å²) in [4.78, 5) is 11.0. The number of methoxy groups -OCH3 is 1.